The molecule has 0 heterocycles. The molecular formula is C15H20BrN. The normalized spacial score (nSPS) is 18.3. The van der Waals surface area contributed by atoms with Crippen molar-refractivity contribution >= 4 is 21.5 Å². The predicted molar refractivity (Wildman–Crippen MR) is 78.1 cm³/mol. The monoisotopic (exact) mass is 293 g/mol. The molecule has 0 aromatic heterocycles. The van der Waals surface area contributed by atoms with Gasteiger partial charge in [-0.1, -0.05) is 47.0 Å². The molecule has 2 heteroatoms. The zero-order valence-electron chi connectivity index (χ0n) is 10.4. The molecule has 1 aromatic carbocycles. The van der Waals surface area contributed by atoms with Gasteiger partial charge >= 0.3 is 0 Å². The van der Waals surface area contributed by atoms with E-state index in [4.69, 9.17) is 5.73 Å². The van der Waals surface area contributed by atoms with Crippen LogP contribution in [0.2, 0.25) is 0 Å². The lowest BCUT2D eigenvalue weighted by Crippen LogP contribution is -2.32. The highest BCUT2D eigenvalue weighted by Crippen LogP contribution is 2.41. The average Bonchev–Trinajstić information content (AvgIpc) is 2.78. The summed E-state index contributed by atoms with van der Waals surface area (Å²) in [6.07, 6.45) is 5.03. The molecule has 0 amide bonds. The van der Waals surface area contributed by atoms with E-state index in [-0.39, 0.29) is 5.41 Å². The van der Waals surface area contributed by atoms with Crippen molar-refractivity contribution in [2.45, 2.75) is 38.0 Å². The fourth-order valence-electron chi connectivity index (χ4n) is 2.80. The summed E-state index contributed by atoms with van der Waals surface area (Å²) in [5.74, 6) is 0. The standard InChI is InChI=1S/C15H20BrN/c1-11(2)12-7-13(9-14(16)8-12)15(10-17)5-3-4-6-15/h7-9H,1,3-6,10,17H2,2H3. The van der Waals surface area contributed by atoms with Gasteiger partial charge in [-0.15, -0.1) is 0 Å². The quantitative estimate of drug-likeness (QED) is 0.886. The van der Waals surface area contributed by atoms with E-state index in [9.17, 15) is 0 Å². The van der Waals surface area contributed by atoms with Gasteiger partial charge in [-0.3, -0.25) is 0 Å². The minimum absolute atomic E-state index is 0.202. The van der Waals surface area contributed by atoms with Crippen LogP contribution in [-0.2, 0) is 5.41 Å². The Hall–Kier alpha value is -0.600. The highest BCUT2D eigenvalue weighted by molar-refractivity contribution is 9.10. The molecule has 0 spiro atoms. The second-order valence-electron chi connectivity index (χ2n) is 5.20. The van der Waals surface area contributed by atoms with Gasteiger partial charge in [0.05, 0.1) is 0 Å². The van der Waals surface area contributed by atoms with E-state index in [2.05, 4.69) is 47.6 Å². The molecule has 2 N–H and O–H groups in total. The van der Waals surface area contributed by atoms with Crippen molar-refractivity contribution < 1.29 is 0 Å². The van der Waals surface area contributed by atoms with E-state index in [1.54, 1.807) is 0 Å². The Balaban J connectivity index is 2.47. The molecule has 0 saturated heterocycles. The van der Waals surface area contributed by atoms with E-state index in [0.29, 0.717) is 0 Å². The van der Waals surface area contributed by atoms with Crippen molar-refractivity contribution in [2.24, 2.45) is 5.73 Å². The molecule has 1 aliphatic carbocycles. The van der Waals surface area contributed by atoms with Gasteiger partial charge in [0, 0.05) is 16.4 Å². The molecule has 92 valence electrons. The summed E-state index contributed by atoms with van der Waals surface area (Å²) in [6, 6.07) is 6.63. The number of halogens is 1. The van der Waals surface area contributed by atoms with Crippen molar-refractivity contribution in [1.82, 2.24) is 0 Å². The van der Waals surface area contributed by atoms with Crippen LogP contribution >= 0.6 is 15.9 Å². The first-order chi connectivity index (χ1) is 8.07. The van der Waals surface area contributed by atoms with Gasteiger partial charge in [-0.25, -0.2) is 0 Å². The summed E-state index contributed by atoms with van der Waals surface area (Å²) in [6.45, 7) is 6.83. The molecule has 17 heavy (non-hydrogen) atoms. The Labute approximate surface area is 112 Å². The van der Waals surface area contributed by atoms with Crippen LogP contribution in [0.1, 0.15) is 43.7 Å². The summed E-state index contributed by atoms with van der Waals surface area (Å²) < 4.78 is 1.13. The summed E-state index contributed by atoms with van der Waals surface area (Å²) in [5, 5.41) is 0. The van der Waals surface area contributed by atoms with Gasteiger partial charge in [-0.2, -0.15) is 0 Å². The van der Waals surface area contributed by atoms with Gasteiger partial charge in [-0.05, 0) is 43.0 Å². The second kappa shape index (κ2) is 4.95. The molecule has 2 rings (SSSR count). The van der Waals surface area contributed by atoms with Gasteiger partial charge in [0.25, 0.3) is 0 Å². The molecule has 1 nitrogen and oxygen atoms in total. The lowest BCUT2D eigenvalue weighted by atomic mass is 9.78. The van der Waals surface area contributed by atoms with E-state index in [0.717, 1.165) is 16.6 Å². The number of nitrogens with two attached hydrogens (primary N) is 1. The molecule has 0 atom stereocenters. The average molecular weight is 294 g/mol. The van der Waals surface area contributed by atoms with Crippen LogP contribution < -0.4 is 5.73 Å². The zero-order chi connectivity index (χ0) is 12.5. The van der Waals surface area contributed by atoms with E-state index >= 15 is 0 Å². The summed E-state index contributed by atoms with van der Waals surface area (Å²) >= 11 is 3.60. The molecule has 1 aliphatic rings. The first-order valence-corrected chi connectivity index (χ1v) is 7.04. The molecule has 0 radical (unpaired) electrons. The fourth-order valence-corrected chi connectivity index (χ4v) is 3.30. The Morgan fingerprint density at radius 1 is 1.35 bits per heavy atom. The van der Waals surface area contributed by atoms with Crippen LogP contribution in [0.3, 0.4) is 0 Å². The highest BCUT2D eigenvalue weighted by atomic mass is 79.9. The number of benzene rings is 1. The minimum Gasteiger partial charge on any atom is -0.330 e. The third-order valence-corrected chi connectivity index (χ3v) is 4.41. The van der Waals surface area contributed by atoms with Crippen LogP contribution in [0.4, 0.5) is 0 Å². The fraction of sp³-hybridized carbons (Fsp3) is 0.467. The molecule has 0 unspecified atom stereocenters. The second-order valence-corrected chi connectivity index (χ2v) is 6.12. The first kappa shape index (κ1) is 12.8. The van der Waals surface area contributed by atoms with Crippen molar-refractivity contribution in [3.8, 4) is 0 Å². The summed E-state index contributed by atoms with van der Waals surface area (Å²) in [4.78, 5) is 0. The van der Waals surface area contributed by atoms with E-state index < -0.39 is 0 Å². The van der Waals surface area contributed by atoms with Gasteiger partial charge in [0.1, 0.15) is 0 Å². The Kier molecular flexibility index (Phi) is 3.74. The number of rotatable bonds is 3. The lowest BCUT2D eigenvalue weighted by molar-refractivity contribution is 0.453. The van der Waals surface area contributed by atoms with E-state index in [1.165, 1.54) is 36.8 Å². The van der Waals surface area contributed by atoms with E-state index in [1.807, 2.05) is 0 Å². The van der Waals surface area contributed by atoms with Crippen molar-refractivity contribution in [2.75, 3.05) is 6.54 Å². The van der Waals surface area contributed by atoms with Crippen molar-refractivity contribution in [3.63, 3.8) is 0 Å². The number of hydrogen-bond acceptors (Lipinski definition) is 1. The third-order valence-electron chi connectivity index (χ3n) is 3.95. The maximum atomic E-state index is 6.04. The smallest absolute Gasteiger partial charge is 0.0184 e. The maximum Gasteiger partial charge on any atom is 0.0184 e. The Morgan fingerprint density at radius 2 is 2.00 bits per heavy atom. The molecule has 1 saturated carbocycles. The lowest BCUT2D eigenvalue weighted by Gasteiger charge is -2.28. The SMILES string of the molecule is C=C(C)c1cc(Br)cc(C2(CN)CCCC2)c1. The summed E-state index contributed by atoms with van der Waals surface area (Å²) in [7, 11) is 0. The largest absolute Gasteiger partial charge is 0.330 e. The topological polar surface area (TPSA) is 26.0 Å². The van der Waals surface area contributed by atoms with Gasteiger partial charge < -0.3 is 5.73 Å². The van der Waals surface area contributed by atoms with Crippen molar-refractivity contribution in [1.29, 1.82) is 0 Å². The first-order valence-electron chi connectivity index (χ1n) is 6.24. The Morgan fingerprint density at radius 3 is 2.53 bits per heavy atom. The molecule has 1 fully saturated rings. The Bertz CT molecular complexity index is 431. The molecule has 1 aromatic rings. The van der Waals surface area contributed by atoms with Crippen LogP contribution in [0.5, 0.6) is 0 Å². The minimum atomic E-state index is 0.202. The van der Waals surface area contributed by atoms with Gasteiger partial charge in [0.2, 0.25) is 0 Å². The third kappa shape index (κ3) is 2.48. The number of hydrogen-bond donors (Lipinski definition) is 1. The predicted octanol–water partition coefficient (Wildman–Crippen LogP) is 4.25. The highest BCUT2D eigenvalue weighted by Gasteiger charge is 2.34. The maximum absolute atomic E-state index is 6.04. The zero-order valence-corrected chi connectivity index (χ0v) is 12.0. The van der Waals surface area contributed by atoms with Gasteiger partial charge in [0.15, 0.2) is 0 Å². The van der Waals surface area contributed by atoms with Crippen LogP contribution in [0, 0.1) is 0 Å². The van der Waals surface area contributed by atoms with Crippen LogP contribution in [-0.4, -0.2) is 6.54 Å². The molecule has 0 bridgehead atoms. The van der Waals surface area contributed by atoms with Crippen LogP contribution in [0.25, 0.3) is 5.57 Å². The molecular weight excluding hydrogens is 274 g/mol. The van der Waals surface area contributed by atoms with Crippen LogP contribution in [0.15, 0.2) is 29.3 Å². The molecule has 0 aliphatic heterocycles. The van der Waals surface area contributed by atoms with Crippen molar-refractivity contribution in [3.05, 3.63) is 40.4 Å². The number of allylic oxidation sites excluding steroid dienone is 1. The summed E-state index contributed by atoms with van der Waals surface area (Å²) in [5.41, 5.74) is 9.95.